The lowest BCUT2D eigenvalue weighted by Crippen LogP contribution is -2.17. The standard InChI is InChI=1S/C10H8NO2/c12-9-5-4-8-11(13)10-6-2-1-3-7-10/h1-2,6-7,9,13H,8H2. The van der Waals surface area contributed by atoms with Crippen LogP contribution in [0, 0.1) is 17.9 Å². The highest BCUT2D eigenvalue weighted by Crippen LogP contribution is 2.08. The van der Waals surface area contributed by atoms with Crippen LogP contribution in [0.2, 0.25) is 0 Å². The van der Waals surface area contributed by atoms with Crippen LogP contribution in [0.4, 0.5) is 5.69 Å². The Morgan fingerprint density at radius 1 is 1.69 bits per heavy atom. The van der Waals surface area contributed by atoms with E-state index in [1.54, 1.807) is 24.3 Å². The van der Waals surface area contributed by atoms with Crippen molar-refractivity contribution in [2.24, 2.45) is 0 Å². The summed E-state index contributed by atoms with van der Waals surface area (Å²) in [6.07, 6.45) is 0.491. The summed E-state index contributed by atoms with van der Waals surface area (Å²) in [5, 5.41) is 10.3. The van der Waals surface area contributed by atoms with Crippen LogP contribution in [0.15, 0.2) is 24.3 Å². The molecule has 0 aliphatic rings. The number of anilines is 1. The topological polar surface area (TPSA) is 40.5 Å². The van der Waals surface area contributed by atoms with Gasteiger partial charge < -0.3 is 0 Å². The van der Waals surface area contributed by atoms with E-state index < -0.39 is 0 Å². The third-order valence-corrected chi connectivity index (χ3v) is 1.38. The number of hydrogen-bond donors (Lipinski definition) is 1. The summed E-state index contributed by atoms with van der Waals surface area (Å²) in [7, 11) is 0. The number of rotatable bonds is 2. The maximum absolute atomic E-state index is 9.84. The summed E-state index contributed by atoms with van der Waals surface area (Å²) in [5.41, 5.74) is 0.600. The van der Waals surface area contributed by atoms with Crippen LogP contribution < -0.4 is 5.06 Å². The zero-order valence-electron chi connectivity index (χ0n) is 6.90. The van der Waals surface area contributed by atoms with E-state index in [0.717, 1.165) is 5.06 Å². The molecule has 1 aromatic rings. The molecule has 3 nitrogen and oxygen atoms in total. The predicted molar refractivity (Wildman–Crippen MR) is 48.3 cm³/mol. The fraction of sp³-hybridized carbons (Fsp3) is 0.100. The Labute approximate surface area is 76.6 Å². The number of hydrogen-bond acceptors (Lipinski definition) is 3. The molecule has 1 rings (SSSR count). The van der Waals surface area contributed by atoms with E-state index in [2.05, 4.69) is 17.9 Å². The molecule has 0 atom stereocenters. The Hall–Kier alpha value is -1.79. The van der Waals surface area contributed by atoms with Crippen LogP contribution in [0.5, 0.6) is 0 Å². The normalized spacial score (nSPS) is 8.38. The molecule has 0 saturated heterocycles. The molecule has 0 bridgehead atoms. The van der Waals surface area contributed by atoms with Crippen molar-refractivity contribution in [2.75, 3.05) is 11.6 Å². The molecule has 0 saturated carbocycles. The predicted octanol–water partition coefficient (Wildman–Crippen LogP) is 0.885. The zero-order valence-corrected chi connectivity index (χ0v) is 6.90. The van der Waals surface area contributed by atoms with Crippen LogP contribution in [0.1, 0.15) is 0 Å². The summed E-state index contributed by atoms with van der Waals surface area (Å²) in [4.78, 5) is 9.84. The van der Waals surface area contributed by atoms with E-state index in [1.165, 1.54) is 0 Å². The molecule has 0 aromatic heterocycles. The van der Waals surface area contributed by atoms with Crippen molar-refractivity contribution < 1.29 is 10.0 Å². The van der Waals surface area contributed by atoms with Gasteiger partial charge in [-0.05, 0) is 24.1 Å². The van der Waals surface area contributed by atoms with Crippen LogP contribution in [0.25, 0.3) is 0 Å². The third-order valence-electron chi connectivity index (χ3n) is 1.38. The lowest BCUT2D eigenvalue weighted by molar-refractivity contribution is -0.103. The Balaban J connectivity index is 2.58. The van der Waals surface area contributed by atoms with Gasteiger partial charge in [-0.3, -0.25) is 10.0 Å². The summed E-state index contributed by atoms with van der Waals surface area (Å²) < 4.78 is 0. The Bertz CT molecular complexity index is 324. The van der Waals surface area contributed by atoms with Gasteiger partial charge in [0.1, 0.15) is 6.54 Å². The fourth-order valence-corrected chi connectivity index (χ4v) is 0.798. The van der Waals surface area contributed by atoms with Crippen molar-refractivity contribution in [3.05, 3.63) is 30.3 Å². The molecular weight excluding hydrogens is 166 g/mol. The molecule has 0 spiro atoms. The van der Waals surface area contributed by atoms with E-state index in [4.69, 9.17) is 0 Å². The maximum Gasteiger partial charge on any atom is 0.192 e. The van der Waals surface area contributed by atoms with E-state index >= 15 is 0 Å². The van der Waals surface area contributed by atoms with Gasteiger partial charge in [0.05, 0.1) is 5.69 Å². The Morgan fingerprint density at radius 3 is 3.15 bits per heavy atom. The molecule has 65 valence electrons. The Morgan fingerprint density at radius 2 is 2.54 bits per heavy atom. The molecule has 1 radical (unpaired) electrons. The monoisotopic (exact) mass is 174 g/mol. The smallest absolute Gasteiger partial charge is 0.192 e. The maximum atomic E-state index is 9.84. The van der Waals surface area contributed by atoms with Crippen LogP contribution in [-0.4, -0.2) is 18.0 Å². The van der Waals surface area contributed by atoms with E-state index in [-0.39, 0.29) is 6.54 Å². The lowest BCUT2D eigenvalue weighted by atomic mass is 10.3. The molecule has 0 unspecified atom stereocenters. The molecule has 0 aliphatic heterocycles. The molecule has 1 N–H and O–H groups in total. The van der Waals surface area contributed by atoms with E-state index in [1.807, 2.05) is 0 Å². The van der Waals surface area contributed by atoms with Crippen molar-refractivity contribution in [3.8, 4) is 11.8 Å². The number of nitrogens with zero attached hydrogens (tertiary/aromatic N) is 1. The van der Waals surface area contributed by atoms with Gasteiger partial charge in [0.2, 0.25) is 0 Å². The minimum absolute atomic E-state index is 0.108. The van der Waals surface area contributed by atoms with Gasteiger partial charge in [-0.25, -0.2) is 5.06 Å². The van der Waals surface area contributed by atoms with E-state index in [9.17, 15) is 10.0 Å². The highest BCUT2D eigenvalue weighted by atomic mass is 16.5. The molecule has 3 heteroatoms. The van der Waals surface area contributed by atoms with Crippen LogP contribution in [0.3, 0.4) is 0 Å². The first-order valence-electron chi connectivity index (χ1n) is 3.69. The average molecular weight is 174 g/mol. The highest BCUT2D eigenvalue weighted by Gasteiger charge is 1.97. The van der Waals surface area contributed by atoms with Gasteiger partial charge in [0.15, 0.2) is 6.29 Å². The summed E-state index contributed by atoms with van der Waals surface area (Å²) >= 11 is 0. The van der Waals surface area contributed by atoms with Crippen molar-refractivity contribution in [1.29, 1.82) is 0 Å². The first-order chi connectivity index (χ1) is 6.34. The summed E-state index contributed by atoms with van der Waals surface area (Å²) in [6, 6.07) is 9.65. The third kappa shape index (κ3) is 2.97. The minimum atomic E-state index is 0.108. The largest absolute Gasteiger partial charge is 0.289 e. The number of benzene rings is 1. The number of aldehydes is 1. The van der Waals surface area contributed by atoms with Gasteiger partial charge in [-0.15, -0.1) is 0 Å². The molecule has 13 heavy (non-hydrogen) atoms. The van der Waals surface area contributed by atoms with Gasteiger partial charge in [-0.2, -0.15) is 0 Å². The fourth-order valence-electron chi connectivity index (χ4n) is 0.798. The van der Waals surface area contributed by atoms with Crippen molar-refractivity contribution >= 4 is 12.0 Å². The second kappa shape index (κ2) is 4.96. The number of carbonyl (C=O) groups is 1. The molecule has 0 fully saturated rings. The van der Waals surface area contributed by atoms with Gasteiger partial charge in [0.25, 0.3) is 0 Å². The van der Waals surface area contributed by atoms with Crippen molar-refractivity contribution in [2.45, 2.75) is 0 Å². The second-order valence-corrected chi connectivity index (χ2v) is 2.26. The van der Waals surface area contributed by atoms with Crippen molar-refractivity contribution in [3.63, 3.8) is 0 Å². The minimum Gasteiger partial charge on any atom is -0.289 e. The summed E-state index contributed by atoms with van der Waals surface area (Å²) in [6.45, 7) is 0.108. The zero-order chi connectivity index (χ0) is 9.52. The highest BCUT2D eigenvalue weighted by molar-refractivity contribution is 5.72. The molecular formula is C10H8NO2. The van der Waals surface area contributed by atoms with Gasteiger partial charge in [0, 0.05) is 0 Å². The average Bonchev–Trinajstić information content (AvgIpc) is 2.19. The van der Waals surface area contributed by atoms with Gasteiger partial charge >= 0.3 is 0 Å². The van der Waals surface area contributed by atoms with Crippen LogP contribution in [-0.2, 0) is 4.79 Å². The van der Waals surface area contributed by atoms with Gasteiger partial charge in [-0.1, -0.05) is 18.1 Å². The van der Waals surface area contributed by atoms with E-state index in [0.29, 0.717) is 12.0 Å². The van der Waals surface area contributed by atoms with Crippen LogP contribution >= 0.6 is 0 Å². The first-order valence-corrected chi connectivity index (χ1v) is 3.69. The second-order valence-electron chi connectivity index (χ2n) is 2.26. The Kier molecular flexibility index (Phi) is 3.55. The number of hydroxylamine groups is 1. The quantitative estimate of drug-likeness (QED) is 0.411. The molecule has 0 heterocycles. The molecule has 0 aliphatic carbocycles. The molecule has 1 aromatic carbocycles. The van der Waals surface area contributed by atoms with Crippen molar-refractivity contribution in [1.82, 2.24) is 0 Å². The summed E-state index contributed by atoms with van der Waals surface area (Å²) in [5.74, 6) is 4.68. The number of carbonyl (C=O) groups excluding carboxylic acids is 1. The lowest BCUT2D eigenvalue weighted by Gasteiger charge is -2.12. The molecule has 0 amide bonds. The first kappa shape index (κ1) is 9.30. The SMILES string of the molecule is O=CC#CCN(O)c1c[c]ccc1.